The highest BCUT2D eigenvalue weighted by Crippen LogP contribution is 2.40. The number of H-pyrrole nitrogens is 1. The number of aryl methyl sites for hydroxylation is 1. The number of hydrogen-bond donors (Lipinski definition) is 2. The van der Waals surface area contributed by atoms with E-state index in [4.69, 9.17) is 9.72 Å². The Morgan fingerprint density at radius 3 is 2.85 bits per heavy atom. The van der Waals surface area contributed by atoms with Gasteiger partial charge in [-0.15, -0.1) is 0 Å². The van der Waals surface area contributed by atoms with Crippen LogP contribution in [0.15, 0.2) is 48.9 Å². The molecule has 7 nitrogen and oxygen atoms in total. The lowest BCUT2D eigenvalue weighted by atomic mass is 9.88. The Kier molecular flexibility index (Phi) is 5.07. The first kappa shape index (κ1) is 20.9. The molecule has 2 aliphatic rings. The van der Waals surface area contributed by atoms with E-state index in [1.165, 1.54) is 5.56 Å². The average Bonchev–Trinajstić information content (AvgIpc) is 3.51. The van der Waals surface area contributed by atoms with E-state index in [9.17, 15) is 9.90 Å². The van der Waals surface area contributed by atoms with Crippen LogP contribution in [-0.4, -0.2) is 44.2 Å². The lowest BCUT2D eigenvalue weighted by Crippen LogP contribution is -2.30. The van der Waals surface area contributed by atoms with Gasteiger partial charge in [-0.25, -0.2) is 9.78 Å². The fourth-order valence-electron chi connectivity index (χ4n) is 5.32. The molecular formula is C27H26N4O3. The molecule has 0 aliphatic carbocycles. The van der Waals surface area contributed by atoms with Gasteiger partial charge in [-0.05, 0) is 66.6 Å². The molecular weight excluding hydrogens is 428 g/mol. The molecule has 0 spiro atoms. The largest absolute Gasteiger partial charge is 0.465 e. The maximum Gasteiger partial charge on any atom is 0.407 e. The van der Waals surface area contributed by atoms with Crippen molar-refractivity contribution in [2.24, 2.45) is 0 Å². The third-order valence-corrected chi connectivity index (χ3v) is 7.08. The number of amides is 1. The third kappa shape index (κ3) is 3.53. The summed E-state index contributed by atoms with van der Waals surface area (Å²) < 4.78 is 5.77. The number of likely N-dealkylation sites (tertiary alicyclic amines) is 1. The van der Waals surface area contributed by atoms with Gasteiger partial charge in [0.25, 0.3) is 0 Å². The monoisotopic (exact) mass is 454 g/mol. The summed E-state index contributed by atoms with van der Waals surface area (Å²) >= 11 is 0. The maximum absolute atomic E-state index is 11.9. The highest BCUT2D eigenvalue weighted by atomic mass is 16.5. The fraction of sp³-hybridized carbons (Fsp3) is 0.296. The van der Waals surface area contributed by atoms with Gasteiger partial charge in [0.2, 0.25) is 0 Å². The standard InChI is InChI=1S/C27H26N4O3/c1-16-4-5-18(12-28-16)23-14-30-26-22(23)11-20(13-29-26)19-9-17-6-8-34-15-24(17)21(10-19)25-3-2-7-31(25)27(32)33/h4-5,9-14,25H,2-3,6-8,15H2,1H3,(H,29,30)(H,32,33)/t25-/m0/s1. The van der Waals surface area contributed by atoms with E-state index >= 15 is 0 Å². The van der Waals surface area contributed by atoms with Crippen LogP contribution in [0.4, 0.5) is 4.79 Å². The normalized spacial score (nSPS) is 17.8. The van der Waals surface area contributed by atoms with Crippen molar-refractivity contribution in [3.8, 4) is 22.3 Å². The van der Waals surface area contributed by atoms with E-state index in [1.54, 1.807) is 4.90 Å². The molecule has 7 heteroatoms. The molecule has 172 valence electrons. The number of carboxylic acid groups (broad SMARTS) is 1. The van der Waals surface area contributed by atoms with Crippen LogP contribution in [0.25, 0.3) is 33.3 Å². The summed E-state index contributed by atoms with van der Waals surface area (Å²) in [4.78, 5) is 25.9. The Balaban J connectivity index is 1.48. The second-order valence-electron chi connectivity index (χ2n) is 9.15. The van der Waals surface area contributed by atoms with Crippen molar-refractivity contribution < 1.29 is 14.6 Å². The summed E-state index contributed by atoms with van der Waals surface area (Å²) in [6.07, 6.45) is 7.45. The SMILES string of the molecule is Cc1ccc(-c2c[nH]c3ncc(-c4cc5c(c([C@@H]6CCCN6C(=O)O)c4)COCC5)cc23)cn1. The second-order valence-corrected chi connectivity index (χ2v) is 9.15. The summed E-state index contributed by atoms with van der Waals surface area (Å²) in [6, 6.07) is 10.5. The van der Waals surface area contributed by atoms with Gasteiger partial charge < -0.3 is 19.7 Å². The van der Waals surface area contributed by atoms with Crippen LogP contribution in [0.2, 0.25) is 0 Å². The van der Waals surface area contributed by atoms with Crippen LogP contribution in [0.3, 0.4) is 0 Å². The van der Waals surface area contributed by atoms with Crippen molar-refractivity contribution in [1.29, 1.82) is 0 Å². The van der Waals surface area contributed by atoms with Crippen molar-refractivity contribution in [3.05, 3.63) is 71.3 Å². The van der Waals surface area contributed by atoms with E-state index in [-0.39, 0.29) is 6.04 Å². The molecule has 0 radical (unpaired) electrons. The molecule has 1 amide bonds. The van der Waals surface area contributed by atoms with Crippen molar-refractivity contribution in [1.82, 2.24) is 19.9 Å². The molecule has 34 heavy (non-hydrogen) atoms. The van der Waals surface area contributed by atoms with Crippen LogP contribution >= 0.6 is 0 Å². The molecule has 1 aromatic carbocycles. The molecule has 1 fully saturated rings. The molecule has 4 aromatic rings. The lowest BCUT2D eigenvalue weighted by Gasteiger charge is -2.28. The van der Waals surface area contributed by atoms with Gasteiger partial charge >= 0.3 is 6.09 Å². The van der Waals surface area contributed by atoms with Gasteiger partial charge in [-0.1, -0.05) is 12.1 Å². The van der Waals surface area contributed by atoms with Crippen molar-refractivity contribution in [3.63, 3.8) is 0 Å². The number of rotatable bonds is 3. The number of carbonyl (C=O) groups is 1. The van der Waals surface area contributed by atoms with Crippen LogP contribution < -0.4 is 0 Å². The van der Waals surface area contributed by atoms with Crippen LogP contribution in [-0.2, 0) is 17.8 Å². The molecule has 0 unspecified atom stereocenters. The Bertz CT molecular complexity index is 1390. The van der Waals surface area contributed by atoms with Crippen LogP contribution in [0, 0.1) is 6.92 Å². The number of fused-ring (bicyclic) bond motifs is 2. The first-order valence-electron chi connectivity index (χ1n) is 11.7. The number of nitrogens with zero attached hydrogens (tertiary/aromatic N) is 3. The third-order valence-electron chi connectivity index (χ3n) is 7.08. The molecule has 1 atom stereocenters. The minimum atomic E-state index is -0.856. The lowest BCUT2D eigenvalue weighted by molar-refractivity contribution is 0.107. The van der Waals surface area contributed by atoms with E-state index < -0.39 is 6.09 Å². The van der Waals surface area contributed by atoms with Gasteiger partial charge in [-0.2, -0.15) is 0 Å². The number of benzene rings is 1. The van der Waals surface area contributed by atoms with E-state index in [0.717, 1.165) is 69.4 Å². The summed E-state index contributed by atoms with van der Waals surface area (Å²) in [5.74, 6) is 0. The topological polar surface area (TPSA) is 91.3 Å². The van der Waals surface area contributed by atoms with E-state index in [1.807, 2.05) is 31.6 Å². The molecule has 5 heterocycles. The summed E-state index contributed by atoms with van der Waals surface area (Å²) in [5, 5.41) is 10.8. The summed E-state index contributed by atoms with van der Waals surface area (Å²) in [6.45, 7) is 3.77. The predicted octanol–water partition coefficient (Wildman–Crippen LogP) is 5.49. The highest BCUT2D eigenvalue weighted by Gasteiger charge is 2.33. The van der Waals surface area contributed by atoms with Crippen LogP contribution in [0.1, 0.15) is 41.3 Å². The van der Waals surface area contributed by atoms with E-state index in [2.05, 4.69) is 34.2 Å². The Hall–Kier alpha value is -3.71. The van der Waals surface area contributed by atoms with E-state index in [0.29, 0.717) is 19.8 Å². The van der Waals surface area contributed by atoms with Gasteiger partial charge in [-0.3, -0.25) is 4.98 Å². The molecule has 6 rings (SSSR count). The predicted molar refractivity (Wildman–Crippen MR) is 130 cm³/mol. The van der Waals surface area contributed by atoms with Crippen LogP contribution in [0.5, 0.6) is 0 Å². The van der Waals surface area contributed by atoms with Gasteiger partial charge in [0.1, 0.15) is 5.65 Å². The number of aromatic nitrogens is 3. The molecule has 0 bridgehead atoms. The molecule has 0 saturated carbocycles. The quantitative estimate of drug-likeness (QED) is 0.427. The number of nitrogens with one attached hydrogen (secondary N) is 1. The molecule has 2 aliphatic heterocycles. The molecule has 1 saturated heterocycles. The minimum absolute atomic E-state index is 0.133. The zero-order chi connectivity index (χ0) is 23.2. The Morgan fingerprint density at radius 1 is 1.15 bits per heavy atom. The second kappa shape index (κ2) is 8.25. The average molecular weight is 455 g/mol. The number of ether oxygens (including phenoxy) is 1. The van der Waals surface area contributed by atoms with Gasteiger partial charge in [0.05, 0.1) is 19.3 Å². The zero-order valence-electron chi connectivity index (χ0n) is 19.0. The minimum Gasteiger partial charge on any atom is -0.465 e. The number of pyridine rings is 2. The zero-order valence-corrected chi connectivity index (χ0v) is 19.0. The van der Waals surface area contributed by atoms with Crippen molar-refractivity contribution in [2.45, 2.75) is 38.8 Å². The first-order chi connectivity index (χ1) is 16.6. The molecule has 3 aromatic heterocycles. The summed E-state index contributed by atoms with van der Waals surface area (Å²) in [5.41, 5.74) is 9.47. The summed E-state index contributed by atoms with van der Waals surface area (Å²) in [7, 11) is 0. The number of hydrogen-bond acceptors (Lipinski definition) is 4. The van der Waals surface area contributed by atoms with Gasteiger partial charge in [0.15, 0.2) is 0 Å². The maximum atomic E-state index is 11.9. The Morgan fingerprint density at radius 2 is 2.03 bits per heavy atom. The van der Waals surface area contributed by atoms with Crippen molar-refractivity contribution in [2.75, 3.05) is 13.2 Å². The van der Waals surface area contributed by atoms with Gasteiger partial charge in [0, 0.05) is 52.9 Å². The van der Waals surface area contributed by atoms with Crippen molar-refractivity contribution >= 4 is 17.1 Å². The fourth-order valence-corrected chi connectivity index (χ4v) is 5.32. The number of aromatic amines is 1. The highest BCUT2D eigenvalue weighted by molar-refractivity contribution is 5.95. The Labute approximate surface area is 197 Å². The smallest absolute Gasteiger partial charge is 0.407 e. The first-order valence-corrected chi connectivity index (χ1v) is 11.7. The molecule has 2 N–H and O–H groups in total.